The van der Waals surface area contributed by atoms with Crippen LogP contribution in [0.25, 0.3) is 10.2 Å². The number of carbonyl (C=O) groups is 1. The Morgan fingerprint density at radius 3 is 2.85 bits per heavy atom. The number of fused-ring (bicyclic) bond motifs is 1. The molecule has 3 nitrogen and oxygen atoms in total. The lowest BCUT2D eigenvalue weighted by Gasteiger charge is -2.06. The third-order valence-electron chi connectivity index (χ3n) is 2.98. The van der Waals surface area contributed by atoms with Crippen LogP contribution in [0.15, 0.2) is 16.6 Å². The van der Waals surface area contributed by atoms with Gasteiger partial charge in [-0.3, -0.25) is 4.79 Å². The van der Waals surface area contributed by atoms with Crippen LogP contribution in [0.3, 0.4) is 0 Å². The molecule has 0 spiro atoms. The molecular formula is C14H16Br2N2OS. The van der Waals surface area contributed by atoms with Crippen molar-refractivity contribution in [3.05, 3.63) is 22.2 Å². The van der Waals surface area contributed by atoms with E-state index in [0.717, 1.165) is 34.0 Å². The predicted octanol–water partition coefficient (Wildman–Crippen LogP) is 5.12. The SMILES string of the molecule is CCC[C@H](Br)C(=O)Nc1nc2c(CC)cc(Br)cc2s1. The third-order valence-corrected chi connectivity index (χ3v) is 5.23. The summed E-state index contributed by atoms with van der Waals surface area (Å²) in [4.78, 5) is 16.4. The van der Waals surface area contributed by atoms with Gasteiger partial charge < -0.3 is 5.32 Å². The van der Waals surface area contributed by atoms with Crippen LogP contribution in [0.5, 0.6) is 0 Å². The van der Waals surface area contributed by atoms with E-state index in [0.29, 0.717) is 5.13 Å². The van der Waals surface area contributed by atoms with Crippen LogP contribution in [0, 0.1) is 0 Å². The van der Waals surface area contributed by atoms with Gasteiger partial charge in [0, 0.05) is 4.47 Å². The first-order valence-corrected chi connectivity index (χ1v) is 9.11. The van der Waals surface area contributed by atoms with E-state index in [1.54, 1.807) is 0 Å². The minimum atomic E-state index is -0.156. The number of aryl methyl sites for hydroxylation is 1. The molecule has 20 heavy (non-hydrogen) atoms. The van der Waals surface area contributed by atoms with Crippen molar-refractivity contribution in [2.75, 3.05) is 5.32 Å². The standard InChI is InChI=1S/C14H16Br2N2OS/c1-3-5-10(16)13(19)18-14-17-12-8(4-2)6-9(15)7-11(12)20-14/h6-7,10H,3-5H2,1-2H3,(H,17,18,19)/t10-/m0/s1. The number of thiazole rings is 1. The molecule has 2 aromatic rings. The fourth-order valence-electron chi connectivity index (χ4n) is 1.95. The monoisotopic (exact) mass is 418 g/mol. The lowest BCUT2D eigenvalue weighted by atomic mass is 10.1. The molecule has 2 rings (SSSR count). The maximum absolute atomic E-state index is 12.0. The number of aromatic nitrogens is 1. The molecule has 1 amide bonds. The molecule has 1 aromatic carbocycles. The van der Waals surface area contributed by atoms with E-state index >= 15 is 0 Å². The first-order chi connectivity index (χ1) is 9.55. The Balaban J connectivity index is 2.26. The van der Waals surface area contributed by atoms with E-state index in [9.17, 15) is 4.79 Å². The van der Waals surface area contributed by atoms with E-state index in [-0.39, 0.29) is 10.7 Å². The van der Waals surface area contributed by atoms with Gasteiger partial charge in [0.1, 0.15) is 0 Å². The molecule has 1 atom stereocenters. The summed E-state index contributed by atoms with van der Waals surface area (Å²) >= 11 is 8.42. The van der Waals surface area contributed by atoms with Gasteiger partial charge in [-0.25, -0.2) is 4.98 Å². The lowest BCUT2D eigenvalue weighted by Crippen LogP contribution is -2.22. The molecule has 0 saturated carbocycles. The average Bonchev–Trinajstić information content (AvgIpc) is 2.79. The second kappa shape index (κ2) is 7.00. The van der Waals surface area contributed by atoms with Gasteiger partial charge >= 0.3 is 0 Å². The maximum atomic E-state index is 12.0. The van der Waals surface area contributed by atoms with Gasteiger partial charge in [-0.05, 0) is 30.5 Å². The molecule has 0 bridgehead atoms. The first-order valence-electron chi connectivity index (χ1n) is 6.59. The summed E-state index contributed by atoms with van der Waals surface area (Å²) in [6.07, 6.45) is 2.71. The number of anilines is 1. The van der Waals surface area contributed by atoms with E-state index in [1.807, 2.05) is 6.07 Å². The number of hydrogen-bond acceptors (Lipinski definition) is 3. The number of halogens is 2. The highest BCUT2D eigenvalue weighted by Crippen LogP contribution is 2.32. The molecule has 108 valence electrons. The smallest absolute Gasteiger partial charge is 0.239 e. The van der Waals surface area contributed by atoms with E-state index in [4.69, 9.17) is 0 Å². The quantitative estimate of drug-likeness (QED) is 0.683. The second-order valence-electron chi connectivity index (χ2n) is 4.53. The molecule has 0 saturated heterocycles. The average molecular weight is 420 g/mol. The number of nitrogens with zero attached hydrogens (tertiary/aromatic N) is 1. The number of nitrogens with one attached hydrogen (secondary N) is 1. The zero-order valence-electron chi connectivity index (χ0n) is 11.4. The van der Waals surface area contributed by atoms with Gasteiger partial charge in [0.25, 0.3) is 0 Å². The Labute approximate surface area is 139 Å². The molecule has 1 aromatic heterocycles. The molecule has 0 aliphatic heterocycles. The fraction of sp³-hybridized carbons (Fsp3) is 0.429. The normalized spacial score (nSPS) is 12.6. The van der Waals surface area contributed by atoms with Gasteiger partial charge in [0.05, 0.1) is 15.0 Å². The number of hydrogen-bond donors (Lipinski definition) is 1. The molecule has 0 aliphatic carbocycles. The predicted molar refractivity (Wildman–Crippen MR) is 93.0 cm³/mol. The summed E-state index contributed by atoms with van der Waals surface area (Å²) in [5.74, 6) is -0.0250. The van der Waals surface area contributed by atoms with Crippen LogP contribution >= 0.6 is 43.2 Å². The van der Waals surface area contributed by atoms with Crippen LogP contribution in [0.4, 0.5) is 5.13 Å². The van der Waals surface area contributed by atoms with E-state index in [2.05, 4.69) is 62.1 Å². The van der Waals surface area contributed by atoms with Gasteiger partial charge in [-0.15, -0.1) is 0 Å². The van der Waals surface area contributed by atoms with Gasteiger partial charge in [-0.1, -0.05) is 63.5 Å². The van der Waals surface area contributed by atoms with Crippen LogP contribution in [-0.2, 0) is 11.2 Å². The topological polar surface area (TPSA) is 42.0 Å². The van der Waals surface area contributed by atoms with Crippen molar-refractivity contribution < 1.29 is 4.79 Å². The molecule has 1 heterocycles. The zero-order valence-corrected chi connectivity index (χ0v) is 15.4. The fourth-order valence-corrected chi connectivity index (χ4v) is 4.14. The lowest BCUT2D eigenvalue weighted by molar-refractivity contribution is -0.115. The van der Waals surface area contributed by atoms with Crippen molar-refractivity contribution in [1.29, 1.82) is 0 Å². The highest BCUT2D eigenvalue weighted by Gasteiger charge is 2.16. The van der Waals surface area contributed by atoms with Crippen molar-refractivity contribution >= 4 is 64.5 Å². The second-order valence-corrected chi connectivity index (χ2v) is 7.58. The Bertz CT molecular complexity index is 627. The van der Waals surface area contributed by atoms with Crippen LogP contribution in [0.1, 0.15) is 32.3 Å². The Morgan fingerprint density at radius 2 is 2.20 bits per heavy atom. The Morgan fingerprint density at radius 1 is 1.45 bits per heavy atom. The number of rotatable bonds is 5. The maximum Gasteiger partial charge on any atom is 0.239 e. The zero-order chi connectivity index (χ0) is 14.7. The highest BCUT2D eigenvalue weighted by atomic mass is 79.9. The number of alkyl halides is 1. The van der Waals surface area contributed by atoms with Crippen molar-refractivity contribution in [2.45, 2.75) is 37.9 Å². The number of carbonyl (C=O) groups excluding carboxylic acids is 1. The summed E-state index contributed by atoms with van der Waals surface area (Å²) in [6, 6.07) is 4.12. The third kappa shape index (κ3) is 3.59. The van der Waals surface area contributed by atoms with Gasteiger partial charge in [0.2, 0.25) is 5.91 Å². The molecule has 1 N–H and O–H groups in total. The Hall–Kier alpha value is -0.460. The number of benzene rings is 1. The first kappa shape index (κ1) is 15.9. The molecule has 0 fully saturated rings. The van der Waals surface area contributed by atoms with Crippen molar-refractivity contribution in [2.24, 2.45) is 0 Å². The van der Waals surface area contributed by atoms with E-state index in [1.165, 1.54) is 16.9 Å². The van der Waals surface area contributed by atoms with Crippen molar-refractivity contribution in [3.63, 3.8) is 0 Å². The van der Waals surface area contributed by atoms with Gasteiger partial charge in [-0.2, -0.15) is 0 Å². The largest absolute Gasteiger partial charge is 0.301 e. The van der Waals surface area contributed by atoms with Crippen molar-refractivity contribution in [3.8, 4) is 0 Å². The molecule has 0 aliphatic rings. The van der Waals surface area contributed by atoms with E-state index < -0.39 is 0 Å². The van der Waals surface area contributed by atoms with Crippen molar-refractivity contribution in [1.82, 2.24) is 4.98 Å². The summed E-state index contributed by atoms with van der Waals surface area (Å²) < 4.78 is 2.14. The highest BCUT2D eigenvalue weighted by molar-refractivity contribution is 9.10. The van der Waals surface area contributed by atoms with Crippen LogP contribution in [-0.4, -0.2) is 15.7 Å². The minimum Gasteiger partial charge on any atom is -0.301 e. The molecular weight excluding hydrogens is 404 g/mol. The number of amides is 1. The summed E-state index contributed by atoms with van der Waals surface area (Å²) in [5, 5.41) is 3.56. The molecule has 0 unspecified atom stereocenters. The Kier molecular flexibility index (Phi) is 5.57. The minimum absolute atomic E-state index is 0.0250. The summed E-state index contributed by atoms with van der Waals surface area (Å²) in [6.45, 7) is 4.17. The van der Waals surface area contributed by atoms with Crippen LogP contribution in [0.2, 0.25) is 0 Å². The summed E-state index contributed by atoms with van der Waals surface area (Å²) in [7, 11) is 0. The molecule has 6 heteroatoms. The van der Waals surface area contributed by atoms with Crippen LogP contribution < -0.4 is 5.32 Å². The molecule has 0 radical (unpaired) electrons. The summed E-state index contributed by atoms with van der Waals surface area (Å²) in [5.41, 5.74) is 2.17. The van der Waals surface area contributed by atoms with Gasteiger partial charge in [0.15, 0.2) is 5.13 Å².